The van der Waals surface area contributed by atoms with E-state index >= 15 is 0 Å². The van der Waals surface area contributed by atoms with Crippen molar-refractivity contribution in [1.29, 1.82) is 0 Å². The second-order valence-corrected chi connectivity index (χ2v) is 3.42. The molecule has 0 aliphatic heterocycles. The maximum Gasteiger partial charge on any atom is 0.273 e. The summed E-state index contributed by atoms with van der Waals surface area (Å²) in [5, 5.41) is 0. The molecule has 1 aromatic rings. The highest BCUT2D eigenvalue weighted by Gasteiger charge is 2.00. The molecule has 0 saturated heterocycles. The number of aromatic nitrogens is 1. The van der Waals surface area contributed by atoms with Crippen LogP contribution in [0, 0.1) is 0 Å². The van der Waals surface area contributed by atoms with Crippen molar-refractivity contribution in [3.63, 3.8) is 0 Å². The summed E-state index contributed by atoms with van der Waals surface area (Å²) >= 11 is 6.23. The van der Waals surface area contributed by atoms with Crippen molar-refractivity contribution in [2.75, 3.05) is 5.73 Å². The third-order valence-electron chi connectivity index (χ3n) is 0.988. The molecule has 0 aliphatic carbocycles. The fourth-order valence-electron chi connectivity index (χ4n) is 0.509. The van der Waals surface area contributed by atoms with Gasteiger partial charge in [-0.1, -0.05) is 0 Å². The van der Waals surface area contributed by atoms with Crippen LogP contribution in [0.5, 0.6) is 0 Å². The smallest absolute Gasteiger partial charge is 0.273 e. The average molecular weight is 268 g/mol. The van der Waals surface area contributed by atoms with Crippen LogP contribution in [0.3, 0.4) is 0 Å². The largest absolute Gasteiger partial charge is 0.393 e. The topological polar surface area (TPSA) is 58.9 Å². The van der Waals surface area contributed by atoms with E-state index < -0.39 is 0 Å². The van der Waals surface area contributed by atoms with Gasteiger partial charge in [0.05, 0.1) is 4.60 Å². The van der Waals surface area contributed by atoms with Crippen molar-refractivity contribution in [2.45, 2.75) is 0 Å². The summed E-state index contributed by atoms with van der Waals surface area (Å²) in [4.78, 5) is 13.3. The second-order valence-electron chi connectivity index (χ2n) is 1.71. The summed E-state index contributed by atoms with van der Waals surface area (Å²) in [6, 6.07) is 1.68. The van der Waals surface area contributed by atoms with Gasteiger partial charge in [0, 0.05) is 4.47 Å². The van der Waals surface area contributed by atoms with Crippen LogP contribution < -0.4 is 11.3 Å². The molecule has 3 N–H and O–H groups in total. The van der Waals surface area contributed by atoms with E-state index in [9.17, 15) is 4.79 Å². The minimum atomic E-state index is -0.291. The molecule has 0 bridgehead atoms. The maximum absolute atomic E-state index is 10.8. The van der Waals surface area contributed by atoms with Crippen molar-refractivity contribution < 1.29 is 0 Å². The maximum atomic E-state index is 10.8. The molecule has 3 nitrogen and oxygen atoms in total. The van der Waals surface area contributed by atoms with Gasteiger partial charge in [-0.3, -0.25) is 4.79 Å². The van der Waals surface area contributed by atoms with E-state index in [0.717, 1.165) is 0 Å². The number of hydrogen-bond acceptors (Lipinski definition) is 2. The Kier molecular flexibility index (Phi) is 2.15. The summed E-state index contributed by atoms with van der Waals surface area (Å²) in [6.45, 7) is 0. The van der Waals surface area contributed by atoms with Gasteiger partial charge in [-0.15, -0.1) is 0 Å². The van der Waals surface area contributed by atoms with E-state index in [4.69, 9.17) is 5.73 Å². The number of hydrogen-bond donors (Lipinski definition) is 2. The summed E-state index contributed by atoms with van der Waals surface area (Å²) < 4.78 is 1.21. The van der Waals surface area contributed by atoms with Gasteiger partial charge >= 0.3 is 0 Å². The fraction of sp³-hybridized carbons (Fsp3) is 0. The van der Waals surface area contributed by atoms with Gasteiger partial charge in [-0.25, -0.2) is 0 Å². The van der Waals surface area contributed by atoms with Gasteiger partial charge in [-0.05, 0) is 37.9 Å². The lowest BCUT2D eigenvalue weighted by atomic mass is 10.4. The molecular weight excluding hydrogens is 264 g/mol. The fourth-order valence-corrected chi connectivity index (χ4v) is 1.63. The van der Waals surface area contributed by atoms with Crippen molar-refractivity contribution >= 4 is 37.5 Å². The number of nitrogen functional groups attached to an aromatic ring is 1. The number of pyridine rings is 1. The molecule has 0 amide bonds. The van der Waals surface area contributed by atoms with Gasteiger partial charge in [0.1, 0.15) is 5.69 Å². The SMILES string of the molecule is Nc1c(Br)cc(Br)[nH]c1=O. The first-order valence-corrected chi connectivity index (χ1v) is 4.03. The number of nitrogens with one attached hydrogen (secondary N) is 1. The molecule has 0 atom stereocenters. The van der Waals surface area contributed by atoms with E-state index in [-0.39, 0.29) is 11.2 Å². The Balaban J connectivity index is 3.46. The van der Waals surface area contributed by atoms with Crippen molar-refractivity contribution in [2.24, 2.45) is 0 Å². The molecule has 1 heterocycles. The lowest BCUT2D eigenvalue weighted by Crippen LogP contribution is -2.11. The zero-order valence-corrected chi connectivity index (χ0v) is 7.99. The number of halogens is 2. The molecule has 0 saturated carbocycles. The highest BCUT2D eigenvalue weighted by molar-refractivity contribution is 9.11. The first kappa shape index (κ1) is 7.81. The second kappa shape index (κ2) is 2.75. The van der Waals surface area contributed by atoms with E-state index in [0.29, 0.717) is 9.08 Å². The lowest BCUT2D eigenvalue weighted by molar-refractivity contribution is 1.19. The highest BCUT2D eigenvalue weighted by atomic mass is 79.9. The van der Waals surface area contributed by atoms with Gasteiger partial charge < -0.3 is 10.7 Å². The molecule has 10 heavy (non-hydrogen) atoms. The Morgan fingerprint density at radius 2 is 2.10 bits per heavy atom. The van der Waals surface area contributed by atoms with Crippen molar-refractivity contribution in [1.82, 2.24) is 4.98 Å². The van der Waals surface area contributed by atoms with Crippen LogP contribution in [-0.4, -0.2) is 4.98 Å². The monoisotopic (exact) mass is 266 g/mol. The summed E-state index contributed by atoms with van der Waals surface area (Å²) in [5.41, 5.74) is 5.25. The zero-order valence-electron chi connectivity index (χ0n) is 4.82. The van der Waals surface area contributed by atoms with Crippen LogP contribution in [0.25, 0.3) is 0 Å². The Labute approximate surface area is 73.9 Å². The third-order valence-corrected chi connectivity index (χ3v) is 2.07. The van der Waals surface area contributed by atoms with E-state index in [1.807, 2.05) is 0 Å². The Morgan fingerprint density at radius 3 is 2.60 bits per heavy atom. The summed E-state index contributed by atoms with van der Waals surface area (Å²) in [7, 11) is 0. The Hall–Kier alpha value is -0.290. The first-order valence-electron chi connectivity index (χ1n) is 2.45. The van der Waals surface area contributed by atoms with Crippen molar-refractivity contribution in [3.05, 3.63) is 25.5 Å². The lowest BCUT2D eigenvalue weighted by Gasteiger charge is -1.95. The van der Waals surface area contributed by atoms with Crippen molar-refractivity contribution in [3.8, 4) is 0 Å². The van der Waals surface area contributed by atoms with Crippen LogP contribution in [-0.2, 0) is 0 Å². The summed E-state index contributed by atoms with van der Waals surface area (Å²) in [6.07, 6.45) is 0. The standard InChI is InChI=1S/C5H4Br2N2O/c6-2-1-3(7)9-5(10)4(2)8/h1H,8H2,(H,9,10). The number of nitrogens with two attached hydrogens (primary N) is 1. The van der Waals surface area contributed by atoms with E-state index in [1.165, 1.54) is 0 Å². The molecular formula is C5H4Br2N2O. The predicted molar refractivity (Wildman–Crippen MR) is 46.9 cm³/mol. The molecule has 0 unspecified atom stereocenters. The average Bonchev–Trinajstić information content (AvgIpc) is 1.82. The quantitative estimate of drug-likeness (QED) is 0.700. The van der Waals surface area contributed by atoms with Gasteiger partial charge in [0.2, 0.25) is 0 Å². The molecule has 0 spiro atoms. The number of rotatable bonds is 0. The third kappa shape index (κ3) is 1.41. The van der Waals surface area contributed by atoms with E-state index in [1.54, 1.807) is 6.07 Å². The Bertz CT molecular complexity index is 307. The van der Waals surface area contributed by atoms with Crippen LogP contribution in [0.2, 0.25) is 0 Å². The molecule has 5 heteroatoms. The number of anilines is 1. The molecule has 0 radical (unpaired) electrons. The Morgan fingerprint density at radius 1 is 1.50 bits per heavy atom. The van der Waals surface area contributed by atoms with Gasteiger partial charge in [-0.2, -0.15) is 0 Å². The predicted octanol–water partition coefficient (Wildman–Crippen LogP) is 1.48. The molecule has 54 valence electrons. The molecule has 1 aromatic heterocycles. The number of H-pyrrole nitrogens is 1. The normalized spacial score (nSPS) is 9.80. The molecule has 0 fully saturated rings. The van der Waals surface area contributed by atoms with Crippen LogP contribution in [0.1, 0.15) is 0 Å². The molecule has 0 aliphatic rings. The summed E-state index contributed by atoms with van der Waals surface area (Å²) in [5.74, 6) is 0. The number of aromatic amines is 1. The van der Waals surface area contributed by atoms with Gasteiger partial charge in [0.25, 0.3) is 5.56 Å². The molecule has 1 rings (SSSR count). The minimum absolute atomic E-state index is 0.197. The minimum Gasteiger partial charge on any atom is -0.393 e. The van der Waals surface area contributed by atoms with E-state index in [2.05, 4.69) is 36.8 Å². The van der Waals surface area contributed by atoms with Crippen LogP contribution >= 0.6 is 31.9 Å². The van der Waals surface area contributed by atoms with Crippen LogP contribution in [0.4, 0.5) is 5.69 Å². The molecule has 0 aromatic carbocycles. The first-order chi connectivity index (χ1) is 4.61. The van der Waals surface area contributed by atoms with Crippen LogP contribution in [0.15, 0.2) is 19.9 Å². The zero-order chi connectivity index (χ0) is 7.72. The van der Waals surface area contributed by atoms with Gasteiger partial charge in [0.15, 0.2) is 0 Å². The highest BCUT2D eigenvalue weighted by Crippen LogP contribution is 2.17.